The molecule has 17 heavy (non-hydrogen) atoms. The molecule has 0 radical (unpaired) electrons. The number of ether oxygens (including phenoxy) is 1. The fourth-order valence-electron chi connectivity index (χ4n) is 1.41. The molecular weight excluding hydrogens is 241 g/mol. The van der Waals surface area contributed by atoms with Crippen LogP contribution in [-0.2, 0) is 6.61 Å². The van der Waals surface area contributed by atoms with Gasteiger partial charge in [0.15, 0.2) is 0 Å². The summed E-state index contributed by atoms with van der Waals surface area (Å²) in [6.45, 7) is 0.122. The van der Waals surface area contributed by atoms with E-state index >= 15 is 0 Å². The van der Waals surface area contributed by atoms with Crippen LogP contribution in [0.2, 0.25) is 5.02 Å². The third-order valence-corrected chi connectivity index (χ3v) is 2.68. The molecule has 0 fully saturated rings. The van der Waals surface area contributed by atoms with Gasteiger partial charge in [-0.1, -0.05) is 35.9 Å². The second kappa shape index (κ2) is 5.06. The predicted molar refractivity (Wildman–Crippen MR) is 66.6 cm³/mol. The van der Waals surface area contributed by atoms with Crippen LogP contribution in [0.5, 0.6) is 5.75 Å². The number of halogens is 2. The third kappa shape index (κ3) is 2.68. The van der Waals surface area contributed by atoms with Gasteiger partial charge in [-0.3, -0.25) is 0 Å². The summed E-state index contributed by atoms with van der Waals surface area (Å²) in [6, 6.07) is 11.5. The van der Waals surface area contributed by atoms with Gasteiger partial charge >= 0.3 is 0 Å². The Morgan fingerprint density at radius 2 is 1.88 bits per heavy atom. The molecule has 2 aromatic carbocycles. The SMILES string of the molecule is Nc1c(Cl)cccc1OCc1ccccc1F. The van der Waals surface area contributed by atoms with Gasteiger partial charge in [-0.2, -0.15) is 0 Å². The second-order valence-electron chi connectivity index (χ2n) is 3.53. The van der Waals surface area contributed by atoms with Gasteiger partial charge in [-0.25, -0.2) is 4.39 Å². The molecule has 2 rings (SSSR count). The average molecular weight is 252 g/mol. The third-order valence-electron chi connectivity index (χ3n) is 2.35. The van der Waals surface area contributed by atoms with E-state index in [0.29, 0.717) is 22.0 Å². The van der Waals surface area contributed by atoms with Crippen LogP contribution in [0.25, 0.3) is 0 Å². The molecule has 0 bridgehead atoms. The highest BCUT2D eigenvalue weighted by molar-refractivity contribution is 6.33. The molecule has 88 valence electrons. The fourth-order valence-corrected chi connectivity index (χ4v) is 1.58. The van der Waals surface area contributed by atoms with E-state index in [1.54, 1.807) is 36.4 Å². The van der Waals surface area contributed by atoms with Crippen LogP contribution in [0.3, 0.4) is 0 Å². The molecule has 0 amide bonds. The number of para-hydroxylation sites is 1. The maximum atomic E-state index is 13.3. The minimum atomic E-state index is -0.298. The largest absolute Gasteiger partial charge is 0.487 e. The average Bonchev–Trinajstić information content (AvgIpc) is 2.33. The lowest BCUT2D eigenvalue weighted by Crippen LogP contribution is -2.00. The van der Waals surface area contributed by atoms with E-state index in [1.165, 1.54) is 6.07 Å². The number of hydrogen-bond acceptors (Lipinski definition) is 2. The first kappa shape index (κ1) is 11.7. The molecule has 2 aromatic rings. The Morgan fingerprint density at radius 1 is 1.12 bits per heavy atom. The number of benzene rings is 2. The second-order valence-corrected chi connectivity index (χ2v) is 3.94. The van der Waals surface area contributed by atoms with E-state index in [0.717, 1.165) is 0 Å². The van der Waals surface area contributed by atoms with Crippen molar-refractivity contribution in [3.8, 4) is 5.75 Å². The lowest BCUT2D eigenvalue weighted by molar-refractivity contribution is 0.301. The monoisotopic (exact) mass is 251 g/mol. The summed E-state index contributed by atoms with van der Waals surface area (Å²) >= 11 is 5.85. The first-order valence-corrected chi connectivity index (χ1v) is 5.46. The summed E-state index contributed by atoms with van der Waals surface area (Å²) in [5, 5.41) is 0.427. The Balaban J connectivity index is 2.13. The van der Waals surface area contributed by atoms with Crippen LogP contribution in [-0.4, -0.2) is 0 Å². The quantitative estimate of drug-likeness (QED) is 0.846. The van der Waals surface area contributed by atoms with Gasteiger partial charge in [-0.15, -0.1) is 0 Å². The smallest absolute Gasteiger partial charge is 0.144 e. The normalized spacial score (nSPS) is 10.2. The van der Waals surface area contributed by atoms with Crippen LogP contribution in [0.4, 0.5) is 10.1 Å². The highest BCUT2D eigenvalue weighted by Gasteiger charge is 2.06. The lowest BCUT2D eigenvalue weighted by Gasteiger charge is -2.10. The van der Waals surface area contributed by atoms with Gasteiger partial charge in [0.25, 0.3) is 0 Å². The molecule has 0 saturated carbocycles. The van der Waals surface area contributed by atoms with E-state index in [4.69, 9.17) is 22.1 Å². The van der Waals surface area contributed by atoms with Gasteiger partial charge in [-0.05, 0) is 18.2 Å². The van der Waals surface area contributed by atoms with Crippen molar-refractivity contribution >= 4 is 17.3 Å². The number of hydrogen-bond donors (Lipinski definition) is 1. The van der Waals surface area contributed by atoms with E-state index in [-0.39, 0.29) is 12.4 Å². The molecule has 4 heteroatoms. The summed E-state index contributed by atoms with van der Waals surface area (Å²) in [6.07, 6.45) is 0. The molecule has 0 atom stereocenters. The molecule has 0 aliphatic rings. The predicted octanol–water partition coefficient (Wildman–Crippen LogP) is 3.64. The molecule has 0 aliphatic carbocycles. The van der Waals surface area contributed by atoms with E-state index < -0.39 is 0 Å². The van der Waals surface area contributed by atoms with Crippen molar-refractivity contribution in [3.63, 3.8) is 0 Å². The first-order chi connectivity index (χ1) is 8.18. The Morgan fingerprint density at radius 3 is 2.65 bits per heavy atom. The topological polar surface area (TPSA) is 35.2 Å². The van der Waals surface area contributed by atoms with E-state index in [9.17, 15) is 4.39 Å². The zero-order valence-electron chi connectivity index (χ0n) is 8.99. The van der Waals surface area contributed by atoms with Crippen LogP contribution in [0.15, 0.2) is 42.5 Å². The van der Waals surface area contributed by atoms with E-state index in [2.05, 4.69) is 0 Å². The van der Waals surface area contributed by atoms with Crippen molar-refractivity contribution in [1.29, 1.82) is 0 Å². The van der Waals surface area contributed by atoms with Gasteiger partial charge in [0.1, 0.15) is 18.2 Å². The summed E-state index contributed by atoms with van der Waals surface area (Å²) in [5.41, 5.74) is 6.58. The van der Waals surface area contributed by atoms with Crippen LogP contribution in [0.1, 0.15) is 5.56 Å². The van der Waals surface area contributed by atoms with Crippen molar-refractivity contribution in [2.75, 3.05) is 5.73 Å². The minimum Gasteiger partial charge on any atom is -0.487 e. The molecule has 2 nitrogen and oxygen atoms in total. The van der Waals surface area contributed by atoms with Crippen molar-refractivity contribution < 1.29 is 9.13 Å². The maximum absolute atomic E-state index is 13.3. The van der Waals surface area contributed by atoms with Crippen molar-refractivity contribution in [3.05, 3.63) is 58.9 Å². The molecule has 0 unspecified atom stereocenters. The molecule has 0 heterocycles. The van der Waals surface area contributed by atoms with Crippen LogP contribution in [0, 0.1) is 5.82 Å². The highest BCUT2D eigenvalue weighted by atomic mass is 35.5. The number of nitrogens with two attached hydrogens (primary N) is 1. The summed E-state index contributed by atoms with van der Waals surface area (Å²) in [5.74, 6) is 0.161. The van der Waals surface area contributed by atoms with Crippen molar-refractivity contribution in [2.24, 2.45) is 0 Å². The number of rotatable bonds is 3. The minimum absolute atomic E-state index is 0.122. The van der Waals surface area contributed by atoms with Gasteiger partial charge in [0.05, 0.1) is 10.7 Å². The lowest BCUT2D eigenvalue weighted by atomic mass is 10.2. The Bertz CT molecular complexity index is 531. The van der Waals surface area contributed by atoms with Crippen molar-refractivity contribution in [1.82, 2.24) is 0 Å². The molecule has 0 spiro atoms. The zero-order chi connectivity index (χ0) is 12.3. The molecule has 0 aliphatic heterocycles. The van der Waals surface area contributed by atoms with Gasteiger partial charge in [0.2, 0.25) is 0 Å². The molecule has 2 N–H and O–H groups in total. The Kier molecular flexibility index (Phi) is 3.49. The van der Waals surface area contributed by atoms with Crippen LogP contribution >= 0.6 is 11.6 Å². The Hall–Kier alpha value is -1.74. The zero-order valence-corrected chi connectivity index (χ0v) is 9.75. The van der Waals surface area contributed by atoms with Crippen LogP contribution < -0.4 is 10.5 Å². The van der Waals surface area contributed by atoms with E-state index in [1.807, 2.05) is 0 Å². The number of nitrogen functional groups attached to an aromatic ring is 1. The molecular formula is C13H11ClFNO. The highest BCUT2D eigenvalue weighted by Crippen LogP contribution is 2.29. The first-order valence-electron chi connectivity index (χ1n) is 5.08. The standard InChI is InChI=1S/C13H11ClFNO/c14-10-5-3-7-12(13(10)16)17-8-9-4-1-2-6-11(9)15/h1-7H,8,16H2. The summed E-state index contributed by atoms with van der Waals surface area (Å²) < 4.78 is 18.8. The fraction of sp³-hybridized carbons (Fsp3) is 0.0769. The molecule has 0 saturated heterocycles. The number of anilines is 1. The maximum Gasteiger partial charge on any atom is 0.144 e. The van der Waals surface area contributed by atoms with Gasteiger partial charge < -0.3 is 10.5 Å². The summed E-state index contributed by atoms with van der Waals surface area (Å²) in [4.78, 5) is 0. The molecule has 0 aromatic heterocycles. The van der Waals surface area contributed by atoms with Gasteiger partial charge in [0, 0.05) is 5.56 Å². The summed E-state index contributed by atoms with van der Waals surface area (Å²) in [7, 11) is 0. The Labute approximate surface area is 104 Å². The van der Waals surface area contributed by atoms with Crippen molar-refractivity contribution in [2.45, 2.75) is 6.61 Å².